The summed E-state index contributed by atoms with van der Waals surface area (Å²) in [5, 5.41) is 13.0. The quantitative estimate of drug-likeness (QED) is 0.530. The molecule has 4 rings (SSSR count). The van der Waals surface area contributed by atoms with Crippen molar-refractivity contribution in [2.24, 2.45) is 0 Å². The second kappa shape index (κ2) is 9.56. The third-order valence-electron chi connectivity index (χ3n) is 5.18. The zero-order valence-electron chi connectivity index (χ0n) is 18.2. The Hall–Kier alpha value is -3.86. The Morgan fingerprint density at radius 1 is 1.15 bits per heavy atom. The van der Waals surface area contributed by atoms with Gasteiger partial charge in [0.05, 0.1) is 13.2 Å². The van der Waals surface area contributed by atoms with Crippen molar-refractivity contribution in [3.05, 3.63) is 61.1 Å². The number of halogens is 3. The normalized spacial score (nSPS) is 15.8. The molecular formula is C23H22F3N5O3. The Kier molecular flexibility index (Phi) is 6.55. The average Bonchev–Trinajstić information content (AvgIpc) is 3.25. The van der Waals surface area contributed by atoms with Crippen LogP contribution in [0.4, 0.5) is 24.7 Å². The number of ether oxygens (including phenoxy) is 2. The SMILES string of the molecule is C=C(Nc1ccc(OC(F)(F)F)cc1)c1cnc(N2CC[C@@H](O)C2)c(-c2cnc(OC)nc2)c1. The lowest BCUT2D eigenvalue weighted by molar-refractivity contribution is -0.274. The van der Waals surface area contributed by atoms with E-state index < -0.39 is 12.5 Å². The molecule has 2 aromatic heterocycles. The zero-order chi connectivity index (χ0) is 24.3. The van der Waals surface area contributed by atoms with Crippen molar-refractivity contribution < 1.29 is 27.8 Å². The predicted molar refractivity (Wildman–Crippen MR) is 120 cm³/mol. The van der Waals surface area contributed by atoms with Gasteiger partial charge in [0, 0.05) is 59.8 Å². The molecular weight excluding hydrogens is 451 g/mol. The third-order valence-corrected chi connectivity index (χ3v) is 5.18. The highest BCUT2D eigenvalue weighted by molar-refractivity contribution is 5.82. The summed E-state index contributed by atoms with van der Waals surface area (Å²) in [5.41, 5.74) is 3.12. The van der Waals surface area contributed by atoms with Gasteiger partial charge in [-0.3, -0.25) is 0 Å². The summed E-state index contributed by atoms with van der Waals surface area (Å²) in [5.74, 6) is 0.361. The van der Waals surface area contributed by atoms with Crippen LogP contribution >= 0.6 is 0 Å². The molecule has 8 nitrogen and oxygen atoms in total. The van der Waals surface area contributed by atoms with Gasteiger partial charge in [0.15, 0.2) is 0 Å². The minimum Gasteiger partial charge on any atom is -0.467 e. The molecule has 0 radical (unpaired) electrons. The minimum absolute atomic E-state index is 0.232. The third kappa shape index (κ3) is 5.54. The van der Waals surface area contributed by atoms with Crippen molar-refractivity contribution in [2.45, 2.75) is 18.9 Å². The summed E-state index contributed by atoms with van der Waals surface area (Å²) in [6, 6.07) is 7.44. The fourth-order valence-corrected chi connectivity index (χ4v) is 3.57. The molecule has 178 valence electrons. The van der Waals surface area contributed by atoms with Gasteiger partial charge in [-0.25, -0.2) is 15.0 Å². The van der Waals surface area contributed by atoms with Crippen LogP contribution in [0.2, 0.25) is 0 Å². The monoisotopic (exact) mass is 473 g/mol. The molecule has 0 aliphatic carbocycles. The van der Waals surface area contributed by atoms with Crippen LogP contribution in [-0.2, 0) is 0 Å². The molecule has 1 aliphatic heterocycles. The number of β-amino-alcohol motifs (C(OH)–C–C–N with tert-alkyl or cyclic N) is 1. The van der Waals surface area contributed by atoms with E-state index in [0.717, 1.165) is 5.56 Å². The maximum absolute atomic E-state index is 12.4. The van der Waals surface area contributed by atoms with E-state index >= 15 is 0 Å². The summed E-state index contributed by atoms with van der Waals surface area (Å²) in [4.78, 5) is 14.9. The molecule has 34 heavy (non-hydrogen) atoms. The van der Waals surface area contributed by atoms with Gasteiger partial charge < -0.3 is 24.8 Å². The maximum Gasteiger partial charge on any atom is 0.573 e. The Morgan fingerprint density at radius 2 is 1.85 bits per heavy atom. The Labute approximate surface area is 193 Å². The fraction of sp³-hybridized carbons (Fsp3) is 0.261. The smallest absolute Gasteiger partial charge is 0.467 e. The van der Waals surface area contributed by atoms with Gasteiger partial charge in [0.25, 0.3) is 0 Å². The summed E-state index contributed by atoms with van der Waals surface area (Å²) < 4.78 is 46.0. The number of aliphatic hydroxyl groups is 1. The molecule has 2 N–H and O–H groups in total. The molecule has 0 amide bonds. The van der Waals surface area contributed by atoms with Crippen LogP contribution in [0.1, 0.15) is 12.0 Å². The van der Waals surface area contributed by atoms with Crippen molar-refractivity contribution >= 4 is 17.2 Å². The number of nitrogens with zero attached hydrogens (tertiary/aromatic N) is 4. The number of hydrogen-bond donors (Lipinski definition) is 2. The number of anilines is 2. The number of alkyl halides is 3. The number of benzene rings is 1. The Balaban J connectivity index is 1.59. The summed E-state index contributed by atoms with van der Waals surface area (Å²) in [7, 11) is 1.48. The molecule has 0 bridgehead atoms. The van der Waals surface area contributed by atoms with Gasteiger partial charge in [0.2, 0.25) is 0 Å². The van der Waals surface area contributed by atoms with Crippen molar-refractivity contribution in [2.75, 3.05) is 30.4 Å². The number of methoxy groups -OCH3 is 1. The van der Waals surface area contributed by atoms with Crippen LogP contribution < -0.4 is 19.7 Å². The second-order valence-corrected chi connectivity index (χ2v) is 7.62. The van der Waals surface area contributed by atoms with Gasteiger partial charge in [-0.2, -0.15) is 0 Å². The summed E-state index contributed by atoms with van der Waals surface area (Å²) in [6.45, 7) is 5.15. The van der Waals surface area contributed by atoms with E-state index in [-0.39, 0.29) is 11.8 Å². The van der Waals surface area contributed by atoms with E-state index in [9.17, 15) is 18.3 Å². The molecule has 0 unspecified atom stereocenters. The van der Waals surface area contributed by atoms with Crippen LogP contribution in [-0.4, -0.2) is 52.7 Å². The van der Waals surface area contributed by atoms with Gasteiger partial charge in [0.1, 0.15) is 11.6 Å². The Morgan fingerprint density at radius 3 is 2.44 bits per heavy atom. The van der Waals surface area contributed by atoms with E-state index in [0.29, 0.717) is 47.8 Å². The predicted octanol–water partition coefficient (Wildman–Crippen LogP) is 4.10. The minimum atomic E-state index is -4.75. The van der Waals surface area contributed by atoms with E-state index in [1.54, 1.807) is 18.6 Å². The second-order valence-electron chi connectivity index (χ2n) is 7.62. The molecule has 1 atom stereocenters. The topological polar surface area (TPSA) is 92.6 Å². The number of aromatic nitrogens is 3. The summed E-state index contributed by atoms with van der Waals surface area (Å²) in [6.07, 6.45) is 0.353. The Bertz CT molecular complexity index is 1150. The van der Waals surface area contributed by atoms with Crippen molar-refractivity contribution in [1.29, 1.82) is 0 Å². The fourth-order valence-electron chi connectivity index (χ4n) is 3.57. The molecule has 3 heterocycles. The first-order valence-corrected chi connectivity index (χ1v) is 10.3. The lowest BCUT2D eigenvalue weighted by Crippen LogP contribution is -2.23. The maximum atomic E-state index is 12.4. The first-order valence-electron chi connectivity index (χ1n) is 10.3. The van der Waals surface area contributed by atoms with Crippen molar-refractivity contribution in [1.82, 2.24) is 15.0 Å². The van der Waals surface area contributed by atoms with E-state index in [1.807, 2.05) is 11.0 Å². The number of pyridine rings is 1. The molecule has 0 spiro atoms. The number of hydrogen-bond acceptors (Lipinski definition) is 8. The molecule has 0 saturated carbocycles. The highest BCUT2D eigenvalue weighted by Gasteiger charge is 2.31. The van der Waals surface area contributed by atoms with E-state index in [1.165, 1.54) is 31.4 Å². The van der Waals surface area contributed by atoms with Crippen molar-refractivity contribution in [3.8, 4) is 22.9 Å². The molecule has 1 aliphatic rings. The molecule has 1 aromatic carbocycles. The van der Waals surface area contributed by atoms with Gasteiger partial charge in [-0.1, -0.05) is 6.58 Å². The standard InChI is InChI=1S/C23H22F3N5O3/c1-14(30-17-3-5-19(6-4-17)34-23(24,25)26)15-9-20(16-11-28-22(33-2)29-12-16)21(27-10-15)31-8-7-18(32)13-31/h3-6,9-12,18,30,32H,1,7-8,13H2,2H3/t18-/m1/s1. The number of rotatable bonds is 7. The van der Waals surface area contributed by atoms with E-state index in [2.05, 4.69) is 31.6 Å². The first-order chi connectivity index (χ1) is 16.2. The zero-order valence-corrected chi connectivity index (χ0v) is 18.2. The number of aliphatic hydroxyl groups excluding tert-OH is 1. The molecule has 3 aromatic rings. The largest absolute Gasteiger partial charge is 0.573 e. The van der Waals surface area contributed by atoms with Crippen LogP contribution in [0, 0.1) is 0 Å². The molecule has 1 fully saturated rings. The van der Waals surface area contributed by atoms with Crippen LogP contribution in [0.25, 0.3) is 16.8 Å². The lowest BCUT2D eigenvalue weighted by atomic mass is 10.1. The summed E-state index contributed by atoms with van der Waals surface area (Å²) >= 11 is 0. The van der Waals surface area contributed by atoms with Gasteiger partial charge in [-0.15, -0.1) is 13.2 Å². The van der Waals surface area contributed by atoms with Gasteiger partial charge >= 0.3 is 12.4 Å². The highest BCUT2D eigenvalue weighted by atomic mass is 19.4. The molecule has 11 heteroatoms. The van der Waals surface area contributed by atoms with Crippen LogP contribution in [0.3, 0.4) is 0 Å². The first kappa shape index (κ1) is 23.3. The van der Waals surface area contributed by atoms with Gasteiger partial charge in [-0.05, 0) is 36.8 Å². The lowest BCUT2D eigenvalue weighted by Gasteiger charge is -2.21. The number of nitrogens with one attached hydrogen (secondary N) is 1. The molecule has 1 saturated heterocycles. The van der Waals surface area contributed by atoms with E-state index in [4.69, 9.17) is 4.74 Å². The highest BCUT2D eigenvalue weighted by Crippen LogP contribution is 2.33. The average molecular weight is 473 g/mol. The van der Waals surface area contributed by atoms with Crippen LogP contribution in [0.15, 0.2) is 55.5 Å². The van der Waals surface area contributed by atoms with Crippen molar-refractivity contribution in [3.63, 3.8) is 0 Å². The van der Waals surface area contributed by atoms with Crippen LogP contribution in [0.5, 0.6) is 11.8 Å².